The van der Waals surface area contributed by atoms with Gasteiger partial charge in [-0.1, -0.05) is 36.4 Å². The molecule has 0 saturated carbocycles. The summed E-state index contributed by atoms with van der Waals surface area (Å²) >= 11 is 0. The van der Waals surface area contributed by atoms with E-state index in [2.05, 4.69) is 49.4 Å². The van der Waals surface area contributed by atoms with Crippen LogP contribution in [0.2, 0.25) is 0 Å². The summed E-state index contributed by atoms with van der Waals surface area (Å²) in [6, 6.07) is 20.8. The van der Waals surface area contributed by atoms with Gasteiger partial charge in [0.15, 0.2) is 0 Å². The summed E-state index contributed by atoms with van der Waals surface area (Å²) in [5.74, 6) is 0.701. The smallest absolute Gasteiger partial charge is 0.254 e. The third kappa shape index (κ3) is 4.72. The molecule has 2 aliphatic heterocycles. The third-order valence-electron chi connectivity index (χ3n) is 7.55. The van der Waals surface area contributed by atoms with Gasteiger partial charge in [-0.25, -0.2) is 9.97 Å². The summed E-state index contributed by atoms with van der Waals surface area (Å²) in [6.45, 7) is 5.02. The van der Waals surface area contributed by atoms with Crippen molar-refractivity contribution in [3.05, 3.63) is 84.3 Å². The Morgan fingerprint density at radius 3 is 2.71 bits per heavy atom. The monoisotopic (exact) mass is 509 g/mol. The predicted molar refractivity (Wildman–Crippen MR) is 146 cm³/mol. The first-order chi connectivity index (χ1) is 18.6. The van der Waals surface area contributed by atoms with Gasteiger partial charge in [0, 0.05) is 69.2 Å². The van der Waals surface area contributed by atoms with Gasteiger partial charge in [-0.3, -0.25) is 14.5 Å². The zero-order chi connectivity index (χ0) is 26.1. The quantitative estimate of drug-likeness (QED) is 0.378. The SMILES string of the molecule is CC(=O)NCCN(c1cccc(C(=O)N2CC3CC2CN3Cc2ccccc2)c1)c1ncnc2[nH]ccc12. The summed E-state index contributed by atoms with van der Waals surface area (Å²) in [4.78, 5) is 43.8. The molecule has 0 spiro atoms. The first-order valence-corrected chi connectivity index (χ1v) is 13.1. The van der Waals surface area contributed by atoms with Gasteiger partial charge < -0.3 is 20.1 Å². The molecule has 2 bridgehead atoms. The highest BCUT2D eigenvalue weighted by Gasteiger charge is 2.45. The van der Waals surface area contributed by atoms with E-state index in [1.807, 2.05) is 52.4 Å². The summed E-state index contributed by atoms with van der Waals surface area (Å²) in [7, 11) is 0. The number of piperazine rings is 1. The first kappa shape index (κ1) is 24.1. The maximum atomic E-state index is 13.7. The lowest BCUT2D eigenvalue weighted by atomic mass is 10.1. The van der Waals surface area contributed by atoms with Crippen LogP contribution in [0, 0.1) is 0 Å². The van der Waals surface area contributed by atoms with Crippen molar-refractivity contribution in [3.63, 3.8) is 0 Å². The van der Waals surface area contributed by atoms with E-state index in [-0.39, 0.29) is 17.9 Å². The second-order valence-electron chi connectivity index (χ2n) is 10.0. The maximum Gasteiger partial charge on any atom is 0.254 e. The molecule has 6 rings (SSSR count). The predicted octanol–water partition coefficient (Wildman–Crippen LogP) is 3.33. The zero-order valence-electron chi connectivity index (χ0n) is 21.4. The van der Waals surface area contributed by atoms with E-state index in [9.17, 15) is 9.59 Å². The van der Waals surface area contributed by atoms with Crippen molar-refractivity contribution in [2.75, 3.05) is 31.1 Å². The second kappa shape index (κ2) is 10.3. The molecule has 2 amide bonds. The Hall–Kier alpha value is -4.24. The van der Waals surface area contributed by atoms with Crippen LogP contribution in [0.4, 0.5) is 11.5 Å². The molecule has 2 aromatic carbocycles. The van der Waals surface area contributed by atoms with Gasteiger partial charge in [-0.2, -0.15) is 0 Å². The van der Waals surface area contributed by atoms with Crippen LogP contribution >= 0.6 is 0 Å². The summed E-state index contributed by atoms with van der Waals surface area (Å²) in [6.07, 6.45) is 4.38. The highest BCUT2D eigenvalue weighted by atomic mass is 16.2. The van der Waals surface area contributed by atoms with Crippen LogP contribution in [-0.2, 0) is 11.3 Å². The Kier molecular flexibility index (Phi) is 6.51. The number of carbonyl (C=O) groups is 2. The van der Waals surface area contributed by atoms with E-state index in [1.165, 1.54) is 18.8 Å². The van der Waals surface area contributed by atoms with Crippen LogP contribution in [-0.4, -0.2) is 74.8 Å². The number of benzene rings is 2. The standard InChI is InChI=1S/C29H31N7O2/c1-20(37)30-12-13-35(28-26-10-11-31-27(26)32-19-33-28)23-9-5-8-22(14-23)29(38)36-18-24-15-25(36)17-34(24)16-21-6-3-2-4-7-21/h2-11,14,19,24-25H,12-13,15-18H2,1H3,(H,30,37)(H,31,32,33). The Morgan fingerprint density at radius 2 is 1.92 bits per heavy atom. The molecule has 9 heteroatoms. The maximum absolute atomic E-state index is 13.7. The van der Waals surface area contributed by atoms with Crippen LogP contribution in [0.5, 0.6) is 0 Å². The number of likely N-dealkylation sites (tertiary alicyclic amines) is 2. The molecule has 2 unspecified atom stereocenters. The Balaban J connectivity index is 1.22. The number of nitrogens with one attached hydrogen (secondary N) is 2. The average molecular weight is 510 g/mol. The average Bonchev–Trinajstić information content (AvgIpc) is 3.67. The number of carbonyl (C=O) groups excluding carboxylic acids is 2. The van der Waals surface area contributed by atoms with Crippen LogP contribution in [0.1, 0.15) is 29.3 Å². The van der Waals surface area contributed by atoms with Crippen LogP contribution in [0.15, 0.2) is 73.2 Å². The van der Waals surface area contributed by atoms with Gasteiger partial charge in [-0.05, 0) is 36.2 Å². The number of H-pyrrole nitrogens is 1. The molecule has 4 aromatic rings. The van der Waals surface area contributed by atoms with E-state index in [1.54, 1.807) is 0 Å². The summed E-state index contributed by atoms with van der Waals surface area (Å²) in [5.41, 5.74) is 3.55. The summed E-state index contributed by atoms with van der Waals surface area (Å²) in [5, 5.41) is 3.74. The lowest BCUT2D eigenvalue weighted by Crippen LogP contribution is -2.48. The van der Waals surface area contributed by atoms with Gasteiger partial charge in [0.1, 0.15) is 17.8 Å². The highest BCUT2D eigenvalue weighted by molar-refractivity contribution is 5.96. The number of hydrogen-bond donors (Lipinski definition) is 2. The fourth-order valence-electron chi connectivity index (χ4n) is 5.76. The topological polar surface area (TPSA) is 97.5 Å². The minimum absolute atomic E-state index is 0.0648. The highest BCUT2D eigenvalue weighted by Crippen LogP contribution is 2.34. The number of nitrogens with zero attached hydrogens (tertiary/aromatic N) is 5. The molecule has 4 heterocycles. The largest absolute Gasteiger partial charge is 0.355 e. The van der Waals surface area contributed by atoms with Crippen molar-refractivity contribution in [2.24, 2.45) is 0 Å². The molecule has 2 N–H and O–H groups in total. The van der Waals surface area contributed by atoms with Gasteiger partial charge in [-0.15, -0.1) is 0 Å². The Labute approximate surface area is 221 Å². The van der Waals surface area contributed by atoms with Gasteiger partial charge in [0.2, 0.25) is 5.91 Å². The lowest BCUT2D eigenvalue weighted by Gasteiger charge is -2.34. The molecule has 2 aromatic heterocycles. The zero-order valence-corrected chi connectivity index (χ0v) is 21.4. The van der Waals surface area contributed by atoms with Gasteiger partial charge >= 0.3 is 0 Å². The van der Waals surface area contributed by atoms with Crippen LogP contribution in [0.25, 0.3) is 11.0 Å². The van der Waals surface area contributed by atoms with Crippen molar-refractivity contribution in [1.29, 1.82) is 0 Å². The number of hydrogen-bond acceptors (Lipinski definition) is 6. The molecule has 194 valence electrons. The van der Waals surface area contributed by atoms with Gasteiger partial charge in [0.05, 0.1) is 5.39 Å². The molecule has 2 atom stereocenters. The van der Waals surface area contributed by atoms with Crippen molar-refractivity contribution < 1.29 is 9.59 Å². The number of fused-ring (bicyclic) bond motifs is 3. The van der Waals surface area contributed by atoms with Crippen molar-refractivity contribution in [2.45, 2.75) is 32.0 Å². The minimum Gasteiger partial charge on any atom is -0.355 e. The van der Waals surface area contributed by atoms with E-state index < -0.39 is 0 Å². The normalized spacial score (nSPS) is 18.7. The molecular formula is C29H31N7O2. The van der Waals surface area contributed by atoms with Crippen molar-refractivity contribution in [1.82, 2.24) is 30.1 Å². The van der Waals surface area contributed by atoms with Crippen LogP contribution in [0.3, 0.4) is 0 Å². The molecule has 2 saturated heterocycles. The number of aromatic amines is 1. The molecule has 0 radical (unpaired) electrons. The number of amides is 2. The fraction of sp³-hybridized carbons (Fsp3) is 0.310. The lowest BCUT2D eigenvalue weighted by molar-refractivity contribution is -0.118. The molecule has 9 nitrogen and oxygen atoms in total. The third-order valence-corrected chi connectivity index (χ3v) is 7.55. The van der Waals surface area contributed by atoms with Crippen LogP contribution < -0.4 is 10.2 Å². The fourth-order valence-corrected chi connectivity index (χ4v) is 5.76. The molecule has 2 fully saturated rings. The Bertz CT molecular complexity index is 1450. The van der Waals surface area contributed by atoms with E-state index in [4.69, 9.17) is 0 Å². The molecule has 2 aliphatic rings. The minimum atomic E-state index is -0.0891. The molecule has 0 aliphatic carbocycles. The van der Waals surface area contributed by atoms with Gasteiger partial charge in [0.25, 0.3) is 5.91 Å². The van der Waals surface area contributed by atoms with E-state index in [0.717, 1.165) is 48.6 Å². The number of rotatable bonds is 8. The second-order valence-corrected chi connectivity index (χ2v) is 10.0. The van der Waals surface area contributed by atoms with Crippen molar-refractivity contribution >= 4 is 34.4 Å². The first-order valence-electron chi connectivity index (χ1n) is 13.1. The molecular weight excluding hydrogens is 478 g/mol. The van der Waals surface area contributed by atoms with E-state index in [0.29, 0.717) is 24.7 Å². The number of aromatic nitrogens is 3. The molecule has 38 heavy (non-hydrogen) atoms. The summed E-state index contributed by atoms with van der Waals surface area (Å²) < 4.78 is 0. The van der Waals surface area contributed by atoms with Crippen molar-refractivity contribution in [3.8, 4) is 0 Å². The Morgan fingerprint density at radius 1 is 1.05 bits per heavy atom. The number of anilines is 2. The van der Waals surface area contributed by atoms with E-state index >= 15 is 0 Å².